The Bertz CT molecular complexity index is 933. The molecule has 0 aliphatic heterocycles. The van der Waals surface area contributed by atoms with Crippen molar-refractivity contribution in [2.75, 3.05) is 0 Å². The van der Waals surface area contributed by atoms with Gasteiger partial charge >= 0.3 is 33.7 Å². The molecule has 9 heteroatoms. The second-order valence-electron chi connectivity index (χ2n) is 6.22. The summed E-state index contributed by atoms with van der Waals surface area (Å²) in [5.74, 6) is -5.15. The van der Waals surface area contributed by atoms with Crippen molar-refractivity contribution in [2.45, 2.75) is 26.7 Å². The molecule has 0 unspecified atom stereocenters. The van der Waals surface area contributed by atoms with Crippen molar-refractivity contribution in [1.29, 1.82) is 0 Å². The Labute approximate surface area is 216 Å². The van der Waals surface area contributed by atoms with E-state index in [9.17, 15) is 27.2 Å². The summed E-state index contributed by atoms with van der Waals surface area (Å²) >= 11 is 0. The van der Waals surface area contributed by atoms with Crippen LogP contribution in [-0.4, -0.2) is 11.9 Å². The summed E-state index contributed by atoms with van der Waals surface area (Å²) in [5.41, 5.74) is 0. The summed E-state index contributed by atoms with van der Waals surface area (Å²) in [6.07, 6.45) is 20.0. The van der Waals surface area contributed by atoms with Crippen LogP contribution in [0.4, 0.5) is 17.6 Å². The van der Waals surface area contributed by atoms with Crippen LogP contribution < -0.4 is 9.47 Å². The Morgan fingerprint density at radius 1 is 0.686 bits per heavy atom. The van der Waals surface area contributed by atoms with Crippen LogP contribution in [0.5, 0.6) is 11.5 Å². The van der Waals surface area contributed by atoms with Crippen LogP contribution in [0.15, 0.2) is 60.7 Å². The van der Waals surface area contributed by atoms with Gasteiger partial charge in [-0.25, -0.2) is 41.9 Å². The number of esters is 2. The number of rotatable bonds is 2. The number of halogens is 4. The van der Waals surface area contributed by atoms with Crippen LogP contribution in [0, 0.1) is 47.6 Å². The van der Waals surface area contributed by atoms with Gasteiger partial charge in [-0.3, -0.25) is 21.7 Å². The molecule has 0 radical (unpaired) electrons. The topological polar surface area (TPSA) is 52.6 Å². The summed E-state index contributed by atoms with van der Waals surface area (Å²) in [6.45, 7) is 2.29. The molecule has 0 N–H and O–H groups in total. The van der Waals surface area contributed by atoms with Gasteiger partial charge in [0.25, 0.3) is 0 Å². The minimum absolute atomic E-state index is 0. The smallest absolute Gasteiger partial charge is 0.453 e. The van der Waals surface area contributed by atoms with Gasteiger partial charge in [0.2, 0.25) is 0 Å². The average molecular weight is 520 g/mol. The minimum atomic E-state index is -0.897. The number of carbonyl (C=O) groups is 2. The van der Waals surface area contributed by atoms with Crippen molar-refractivity contribution in [3.63, 3.8) is 0 Å². The van der Waals surface area contributed by atoms with E-state index in [1.165, 1.54) is 0 Å². The Morgan fingerprint density at radius 2 is 1.00 bits per heavy atom. The van der Waals surface area contributed by atoms with E-state index in [0.717, 1.165) is 51.0 Å². The van der Waals surface area contributed by atoms with Gasteiger partial charge in [-0.15, -0.1) is 25.0 Å². The number of ether oxygens (including phenoxy) is 2. The Balaban J connectivity index is 0.000000468. The molecule has 0 atom stereocenters. The molecule has 0 aromatic heterocycles. The maximum Gasteiger partial charge on any atom is 4.00 e. The monoisotopic (exact) mass is 520 g/mol. The normalized spacial score (nSPS) is 11.6. The Hall–Kier alpha value is -3.23. The largest absolute Gasteiger partial charge is 4.00 e. The third-order valence-corrected chi connectivity index (χ3v) is 3.25. The van der Waals surface area contributed by atoms with Crippen LogP contribution in [0.3, 0.4) is 0 Å². The third kappa shape index (κ3) is 16.9. The van der Waals surface area contributed by atoms with E-state index in [1.54, 1.807) is 12.1 Å². The summed E-state index contributed by atoms with van der Waals surface area (Å²) in [5, 5.41) is 0. The summed E-state index contributed by atoms with van der Waals surface area (Å²) in [4.78, 5) is 20.7. The molecule has 0 bridgehead atoms. The first-order chi connectivity index (χ1) is 16.2. The van der Waals surface area contributed by atoms with E-state index < -0.39 is 35.2 Å². The summed E-state index contributed by atoms with van der Waals surface area (Å²) < 4.78 is 58.4. The molecule has 0 saturated heterocycles. The fourth-order valence-electron chi connectivity index (χ4n) is 2.09. The second kappa shape index (κ2) is 18.1. The fourth-order valence-corrected chi connectivity index (χ4v) is 2.09. The molecule has 0 spiro atoms. The molecular weight excluding hydrogens is 500 g/mol. The standard InChI is InChI=1S/2C8H5F2O2.2C5H5.Ti/c2*1-5(11)12-8-3-6(9)2-7(10)4-8;2*1-2-4-5-3-1;/h2*3-4H,1H3;2*1-3H,4H2;/q4*-1;+4. The summed E-state index contributed by atoms with van der Waals surface area (Å²) in [7, 11) is 0. The van der Waals surface area contributed by atoms with Gasteiger partial charge in [-0.05, 0) is 0 Å². The van der Waals surface area contributed by atoms with Crippen molar-refractivity contribution in [3.8, 4) is 11.5 Å². The van der Waals surface area contributed by atoms with Gasteiger partial charge < -0.3 is 9.47 Å². The van der Waals surface area contributed by atoms with Gasteiger partial charge in [-0.1, -0.05) is 24.3 Å². The van der Waals surface area contributed by atoms with Gasteiger partial charge in [0.05, 0.1) is 0 Å². The van der Waals surface area contributed by atoms with Crippen LogP contribution in [0.25, 0.3) is 0 Å². The van der Waals surface area contributed by atoms with Crippen LogP contribution >= 0.6 is 0 Å². The van der Waals surface area contributed by atoms with E-state index in [-0.39, 0.29) is 33.2 Å². The predicted molar refractivity (Wildman–Crippen MR) is 116 cm³/mol. The minimum Gasteiger partial charge on any atom is -0.453 e. The van der Waals surface area contributed by atoms with Crippen molar-refractivity contribution in [1.82, 2.24) is 0 Å². The van der Waals surface area contributed by atoms with Crippen LogP contribution in [-0.2, 0) is 31.3 Å². The summed E-state index contributed by atoms with van der Waals surface area (Å²) in [6, 6.07) is 7.04. The average Bonchev–Trinajstić information content (AvgIpc) is 3.45. The molecular formula is C26H20F4O4Ti. The number of hydrogen-bond donors (Lipinski definition) is 0. The van der Waals surface area contributed by atoms with Gasteiger partial charge in [0, 0.05) is 48.6 Å². The molecule has 2 aliphatic carbocycles. The molecule has 0 heterocycles. The molecule has 180 valence electrons. The van der Waals surface area contributed by atoms with Gasteiger partial charge in [0.1, 0.15) is 0 Å². The predicted octanol–water partition coefficient (Wildman–Crippen LogP) is 5.99. The van der Waals surface area contributed by atoms with Crippen LogP contribution in [0.2, 0.25) is 0 Å². The van der Waals surface area contributed by atoms with E-state index in [4.69, 9.17) is 0 Å². The molecule has 2 aromatic rings. The fraction of sp³-hybridized carbons (Fsp3) is 0.154. The zero-order chi connectivity index (χ0) is 25.3. The second-order valence-corrected chi connectivity index (χ2v) is 6.22. The van der Waals surface area contributed by atoms with E-state index >= 15 is 0 Å². The number of hydrogen-bond acceptors (Lipinski definition) is 4. The quantitative estimate of drug-likeness (QED) is 0.161. The van der Waals surface area contributed by atoms with Crippen molar-refractivity contribution >= 4 is 11.9 Å². The molecule has 4 nitrogen and oxygen atoms in total. The first-order valence-electron chi connectivity index (χ1n) is 9.72. The van der Waals surface area contributed by atoms with Gasteiger partial charge in [0.15, 0.2) is 0 Å². The van der Waals surface area contributed by atoms with Crippen LogP contribution in [0.1, 0.15) is 26.7 Å². The first kappa shape index (κ1) is 31.8. The number of benzene rings is 2. The SMILES string of the molecule is CC(=O)Oc1cc(F)[c-]c(F)c1.CC(=O)Oc1cc(F)[c-]c(F)c1.[C-]1=CC=CC1.[C-]1=CC=CC1.[Ti+4]. The van der Waals surface area contributed by atoms with E-state index in [2.05, 4.69) is 33.8 Å². The number of allylic oxidation sites excluding steroid dienone is 8. The zero-order valence-electron chi connectivity index (χ0n) is 18.8. The third-order valence-electron chi connectivity index (χ3n) is 3.25. The van der Waals surface area contributed by atoms with E-state index in [0.29, 0.717) is 0 Å². The van der Waals surface area contributed by atoms with Crippen molar-refractivity contribution in [3.05, 3.63) is 108 Å². The van der Waals surface area contributed by atoms with E-state index in [1.807, 2.05) is 24.3 Å². The molecule has 2 aliphatic rings. The first-order valence-corrected chi connectivity index (χ1v) is 9.72. The maximum absolute atomic E-state index is 12.4. The Morgan fingerprint density at radius 3 is 1.17 bits per heavy atom. The molecule has 4 rings (SSSR count). The maximum atomic E-state index is 12.4. The number of carbonyl (C=O) groups excluding carboxylic acids is 2. The van der Waals surface area contributed by atoms with Crippen molar-refractivity contribution < 1.29 is 58.3 Å². The Kier molecular flexibility index (Phi) is 16.5. The molecule has 2 aromatic carbocycles. The van der Waals surface area contributed by atoms with Gasteiger partial charge in [-0.2, -0.15) is 12.2 Å². The molecule has 0 fully saturated rings. The zero-order valence-corrected chi connectivity index (χ0v) is 20.4. The van der Waals surface area contributed by atoms with Crippen molar-refractivity contribution in [2.24, 2.45) is 0 Å². The molecule has 35 heavy (non-hydrogen) atoms. The molecule has 0 amide bonds. The molecule has 0 saturated carbocycles.